The van der Waals surface area contributed by atoms with Crippen LogP contribution in [0.1, 0.15) is 32.1 Å². The minimum atomic E-state index is -0.504. The van der Waals surface area contributed by atoms with Gasteiger partial charge in [-0.25, -0.2) is 0 Å². The summed E-state index contributed by atoms with van der Waals surface area (Å²) in [6.07, 6.45) is 5.17. The van der Waals surface area contributed by atoms with Crippen molar-refractivity contribution in [3.8, 4) is 0 Å². The minimum absolute atomic E-state index is 0.504. The molecule has 0 unspecified atom stereocenters. The molecule has 0 radical (unpaired) electrons. The number of guanidine groups is 1. The number of ether oxygens (including phenoxy) is 1. The molecule has 0 aromatic heterocycles. The molecule has 0 spiro atoms. The van der Waals surface area contributed by atoms with Crippen molar-refractivity contribution < 1.29 is 9.84 Å². The van der Waals surface area contributed by atoms with Crippen LogP contribution in [0.5, 0.6) is 0 Å². The molecule has 0 bridgehead atoms. The van der Waals surface area contributed by atoms with Crippen LogP contribution in [0, 0.1) is 5.92 Å². The summed E-state index contributed by atoms with van der Waals surface area (Å²) in [5.74, 6) is 1.46. The third-order valence-electron chi connectivity index (χ3n) is 3.99. The monoisotopic (exact) mass is 255 g/mol. The summed E-state index contributed by atoms with van der Waals surface area (Å²) in [4.78, 5) is 4.19. The van der Waals surface area contributed by atoms with Gasteiger partial charge in [-0.05, 0) is 38.0 Å². The van der Waals surface area contributed by atoms with E-state index in [1.807, 2.05) is 0 Å². The highest BCUT2D eigenvalue weighted by Gasteiger charge is 2.34. The lowest BCUT2D eigenvalue weighted by molar-refractivity contribution is -0.0279. The quantitative estimate of drug-likeness (QED) is 0.505. The van der Waals surface area contributed by atoms with Crippen LogP contribution in [-0.2, 0) is 4.74 Å². The fraction of sp³-hybridized carbons (Fsp3) is 0.923. The van der Waals surface area contributed by atoms with E-state index in [9.17, 15) is 5.11 Å². The summed E-state index contributed by atoms with van der Waals surface area (Å²) in [6.45, 7) is 3.28. The highest BCUT2D eigenvalue weighted by atomic mass is 16.5. The zero-order chi connectivity index (χ0) is 12.8. The van der Waals surface area contributed by atoms with Crippen molar-refractivity contribution in [2.45, 2.75) is 37.7 Å². The Balaban J connectivity index is 1.65. The molecule has 0 atom stereocenters. The van der Waals surface area contributed by atoms with Gasteiger partial charge in [0.2, 0.25) is 0 Å². The van der Waals surface area contributed by atoms with Crippen LogP contribution in [0.2, 0.25) is 0 Å². The first-order valence-corrected chi connectivity index (χ1v) is 6.96. The molecule has 0 aromatic rings. The molecule has 1 aliphatic carbocycles. The first-order valence-electron chi connectivity index (χ1n) is 6.96. The number of aliphatic imine (C=N–C) groups is 1. The van der Waals surface area contributed by atoms with E-state index in [2.05, 4.69) is 15.6 Å². The molecular weight excluding hydrogens is 230 g/mol. The van der Waals surface area contributed by atoms with Gasteiger partial charge in [-0.2, -0.15) is 0 Å². The van der Waals surface area contributed by atoms with Crippen molar-refractivity contribution in [1.82, 2.24) is 10.6 Å². The minimum Gasteiger partial charge on any atom is -0.388 e. The van der Waals surface area contributed by atoms with Crippen LogP contribution in [0.3, 0.4) is 0 Å². The van der Waals surface area contributed by atoms with Crippen molar-refractivity contribution >= 4 is 5.96 Å². The highest BCUT2D eigenvalue weighted by Crippen LogP contribution is 2.30. The van der Waals surface area contributed by atoms with Crippen LogP contribution >= 0.6 is 0 Å². The van der Waals surface area contributed by atoms with Gasteiger partial charge in [0, 0.05) is 33.4 Å². The van der Waals surface area contributed by atoms with E-state index in [4.69, 9.17) is 4.74 Å². The molecule has 18 heavy (non-hydrogen) atoms. The summed E-state index contributed by atoms with van der Waals surface area (Å²) in [7, 11) is 1.77. The number of hydrogen-bond donors (Lipinski definition) is 3. The van der Waals surface area contributed by atoms with Crippen LogP contribution in [0.15, 0.2) is 4.99 Å². The molecule has 1 aliphatic heterocycles. The van der Waals surface area contributed by atoms with Gasteiger partial charge < -0.3 is 20.5 Å². The molecule has 2 aliphatic rings. The molecule has 0 aromatic carbocycles. The predicted octanol–water partition coefficient (Wildman–Crippen LogP) is 0.493. The van der Waals surface area contributed by atoms with Crippen LogP contribution in [-0.4, -0.2) is 50.0 Å². The average molecular weight is 255 g/mol. The van der Waals surface area contributed by atoms with Crippen molar-refractivity contribution in [2.75, 3.05) is 33.4 Å². The van der Waals surface area contributed by atoms with Crippen molar-refractivity contribution in [3.63, 3.8) is 0 Å². The summed E-state index contributed by atoms with van der Waals surface area (Å²) in [5, 5.41) is 16.6. The van der Waals surface area contributed by atoms with E-state index in [-0.39, 0.29) is 0 Å². The van der Waals surface area contributed by atoms with Gasteiger partial charge in [-0.3, -0.25) is 4.99 Å². The fourth-order valence-corrected chi connectivity index (χ4v) is 2.42. The molecule has 1 saturated carbocycles. The Morgan fingerprint density at radius 1 is 1.33 bits per heavy atom. The second-order valence-corrected chi connectivity index (χ2v) is 5.44. The Morgan fingerprint density at radius 3 is 2.61 bits per heavy atom. The lowest BCUT2D eigenvalue weighted by Crippen LogP contribution is -2.51. The molecule has 1 heterocycles. The van der Waals surface area contributed by atoms with E-state index < -0.39 is 5.60 Å². The standard InChI is InChI=1S/C13H25N3O2/c1-14-12(16-10-13(17)5-2-6-13)15-9-11-3-7-18-8-4-11/h11,17H,2-10H2,1H3,(H2,14,15,16). The SMILES string of the molecule is CN=C(NCC1CCOCC1)NCC1(O)CCC1. The van der Waals surface area contributed by atoms with E-state index in [0.29, 0.717) is 12.5 Å². The van der Waals surface area contributed by atoms with Gasteiger partial charge >= 0.3 is 0 Å². The first kappa shape index (κ1) is 13.6. The molecule has 2 fully saturated rings. The number of nitrogens with one attached hydrogen (secondary N) is 2. The van der Waals surface area contributed by atoms with Gasteiger partial charge in [-0.1, -0.05) is 0 Å². The Labute approximate surface area is 109 Å². The Hall–Kier alpha value is -0.810. The number of aliphatic hydroxyl groups is 1. The topological polar surface area (TPSA) is 65.9 Å². The zero-order valence-corrected chi connectivity index (χ0v) is 11.2. The molecule has 104 valence electrons. The largest absolute Gasteiger partial charge is 0.388 e. The van der Waals surface area contributed by atoms with Crippen molar-refractivity contribution in [3.05, 3.63) is 0 Å². The normalized spacial score (nSPS) is 24.4. The molecule has 0 amide bonds. The lowest BCUT2D eigenvalue weighted by Gasteiger charge is -2.37. The predicted molar refractivity (Wildman–Crippen MR) is 71.7 cm³/mol. The van der Waals surface area contributed by atoms with E-state index in [1.165, 1.54) is 0 Å². The maximum Gasteiger partial charge on any atom is 0.191 e. The summed E-state index contributed by atoms with van der Waals surface area (Å²) in [5.41, 5.74) is -0.504. The zero-order valence-electron chi connectivity index (χ0n) is 11.2. The summed E-state index contributed by atoms with van der Waals surface area (Å²) >= 11 is 0. The van der Waals surface area contributed by atoms with Gasteiger partial charge in [-0.15, -0.1) is 0 Å². The third kappa shape index (κ3) is 3.85. The van der Waals surface area contributed by atoms with Gasteiger partial charge in [0.25, 0.3) is 0 Å². The van der Waals surface area contributed by atoms with Crippen LogP contribution in [0.4, 0.5) is 0 Å². The smallest absolute Gasteiger partial charge is 0.191 e. The highest BCUT2D eigenvalue weighted by molar-refractivity contribution is 5.79. The molecule has 1 saturated heterocycles. The number of nitrogens with zero attached hydrogens (tertiary/aromatic N) is 1. The van der Waals surface area contributed by atoms with Crippen molar-refractivity contribution in [1.29, 1.82) is 0 Å². The first-order chi connectivity index (χ1) is 8.72. The Kier molecular flexibility index (Phi) is 4.83. The summed E-state index contributed by atoms with van der Waals surface area (Å²) < 4.78 is 5.34. The van der Waals surface area contributed by atoms with Gasteiger partial charge in [0.05, 0.1) is 5.60 Å². The third-order valence-corrected chi connectivity index (χ3v) is 3.99. The lowest BCUT2D eigenvalue weighted by atomic mass is 9.80. The fourth-order valence-electron chi connectivity index (χ4n) is 2.42. The van der Waals surface area contributed by atoms with Crippen LogP contribution in [0.25, 0.3) is 0 Å². The summed E-state index contributed by atoms with van der Waals surface area (Å²) in [6, 6.07) is 0. The Morgan fingerprint density at radius 2 is 2.06 bits per heavy atom. The average Bonchev–Trinajstić information content (AvgIpc) is 2.38. The van der Waals surface area contributed by atoms with Crippen LogP contribution < -0.4 is 10.6 Å². The number of hydrogen-bond acceptors (Lipinski definition) is 3. The van der Waals surface area contributed by atoms with E-state index in [0.717, 1.165) is 57.8 Å². The molecule has 5 heteroatoms. The van der Waals surface area contributed by atoms with Gasteiger partial charge in [0.1, 0.15) is 0 Å². The molecule has 2 rings (SSSR count). The maximum absolute atomic E-state index is 10.0. The number of rotatable bonds is 4. The molecular formula is C13H25N3O2. The van der Waals surface area contributed by atoms with E-state index >= 15 is 0 Å². The van der Waals surface area contributed by atoms with E-state index in [1.54, 1.807) is 7.05 Å². The second kappa shape index (κ2) is 6.38. The van der Waals surface area contributed by atoms with Crippen molar-refractivity contribution in [2.24, 2.45) is 10.9 Å². The second-order valence-electron chi connectivity index (χ2n) is 5.44. The van der Waals surface area contributed by atoms with Gasteiger partial charge in [0.15, 0.2) is 5.96 Å². The maximum atomic E-state index is 10.0. The Bertz CT molecular complexity index is 284. The molecule has 5 nitrogen and oxygen atoms in total. The molecule has 3 N–H and O–H groups in total.